The fourth-order valence-electron chi connectivity index (χ4n) is 3.11. The summed E-state index contributed by atoms with van der Waals surface area (Å²) >= 11 is 3.42. The number of ether oxygens (including phenoxy) is 3. The zero-order valence-corrected chi connectivity index (χ0v) is 16.2. The minimum absolute atomic E-state index is 0.132. The van der Waals surface area contributed by atoms with Crippen molar-refractivity contribution >= 4 is 27.4 Å². The van der Waals surface area contributed by atoms with Gasteiger partial charge in [-0.2, -0.15) is 5.10 Å². The van der Waals surface area contributed by atoms with Crippen LogP contribution in [-0.4, -0.2) is 34.9 Å². The first-order valence-corrected chi connectivity index (χ1v) is 9.63. The summed E-state index contributed by atoms with van der Waals surface area (Å²) in [6.45, 7) is 1.43. The average Bonchev–Trinajstić information content (AvgIpc) is 3.35. The van der Waals surface area contributed by atoms with Gasteiger partial charge in [0.05, 0.1) is 27.9 Å². The number of hydrogen-bond donors (Lipinski definition) is 0. The van der Waals surface area contributed by atoms with Gasteiger partial charge >= 0.3 is 5.97 Å². The first-order chi connectivity index (χ1) is 13.2. The molecular formula is C20H19BrN2O4. The van der Waals surface area contributed by atoms with Gasteiger partial charge in [0.25, 0.3) is 0 Å². The van der Waals surface area contributed by atoms with Crippen LogP contribution < -0.4 is 4.74 Å². The number of para-hydroxylation sites is 1. The number of pyridine rings is 1. The molecule has 0 bridgehead atoms. The molecule has 0 N–H and O–H groups in total. The number of halogens is 1. The summed E-state index contributed by atoms with van der Waals surface area (Å²) in [5.74, 6) is 0.306. The molecular weight excluding hydrogens is 412 g/mol. The summed E-state index contributed by atoms with van der Waals surface area (Å²) in [5, 5.41) is 4.19. The number of carbonyl (C=O) groups is 1. The standard InChI is InChI=1S/C20H19BrN2O4/c21-17-11-22-23-9-3-7-16(19(17)23)20(24)27-12-14-5-1-2-8-18(14)26-13-15-6-4-10-25-15/h1-3,5,7-9,11,15H,4,6,10,12-13H2. The quantitative estimate of drug-likeness (QED) is 0.552. The van der Waals surface area contributed by atoms with Gasteiger partial charge in [-0.25, -0.2) is 9.31 Å². The van der Waals surface area contributed by atoms with E-state index in [2.05, 4.69) is 21.0 Å². The van der Waals surface area contributed by atoms with Gasteiger partial charge in [0, 0.05) is 18.4 Å². The Morgan fingerprint density at radius 1 is 1.30 bits per heavy atom. The van der Waals surface area contributed by atoms with Gasteiger partial charge in [0.2, 0.25) is 0 Å². The van der Waals surface area contributed by atoms with Crippen molar-refractivity contribution in [1.82, 2.24) is 9.61 Å². The zero-order chi connectivity index (χ0) is 18.6. The highest BCUT2D eigenvalue weighted by Crippen LogP contribution is 2.24. The lowest BCUT2D eigenvalue weighted by molar-refractivity contribution is 0.0461. The minimum atomic E-state index is -0.407. The second kappa shape index (κ2) is 8.10. The minimum Gasteiger partial charge on any atom is -0.490 e. The summed E-state index contributed by atoms with van der Waals surface area (Å²) in [6, 6.07) is 11.1. The summed E-state index contributed by atoms with van der Waals surface area (Å²) in [6.07, 6.45) is 5.66. The fraction of sp³-hybridized carbons (Fsp3) is 0.300. The molecule has 3 aromatic rings. The molecule has 1 aromatic carbocycles. The Morgan fingerprint density at radius 2 is 2.19 bits per heavy atom. The summed E-state index contributed by atoms with van der Waals surface area (Å²) in [4.78, 5) is 12.6. The topological polar surface area (TPSA) is 62.1 Å². The van der Waals surface area contributed by atoms with E-state index in [-0.39, 0.29) is 12.7 Å². The molecule has 27 heavy (non-hydrogen) atoms. The number of fused-ring (bicyclic) bond motifs is 1. The number of carbonyl (C=O) groups excluding carboxylic acids is 1. The molecule has 1 aliphatic rings. The van der Waals surface area contributed by atoms with E-state index in [1.807, 2.05) is 24.3 Å². The first kappa shape index (κ1) is 18.0. The van der Waals surface area contributed by atoms with Gasteiger partial charge in [0.15, 0.2) is 0 Å². The summed E-state index contributed by atoms with van der Waals surface area (Å²) in [7, 11) is 0. The second-order valence-electron chi connectivity index (χ2n) is 6.34. The van der Waals surface area contributed by atoms with Gasteiger partial charge in [0.1, 0.15) is 19.0 Å². The smallest absolute Gasteiger partial charge is 0.340 e. The number of benzene rings is 1. The molecule has 0 amide bonds. The van der Waals surface area contributed by atoms with Crippen LogP contribution >= 0.6 is 15.9 Å². The van der Waals surface area contributed by atoms with Crippen molar-refractivity contribution in [2.75, 3.05) is 13.2 Å². The molecule has 2 aromatic heterocycles. The third kappa shape index (κ3) is 3.99. The van der Waals surface area contributed by atoms with Gasteiger partial charge in [-0.15, -0.1) is 0 Å². The molecule has 140 valence electrons. The Hall–Kier alpha value is -2.38. The Kier molecular flexibility index (Phi) is 5.40. The Morgan fingerprint density at radius 3 is 3.04 bits per heavy atom. The normalized spacial score (nSPS) is 16.6. The van der Waals surface area contributed by atoms with E-state index in [0.29, 0.717) is 23.4 Å². The maximum Gasteiger partial charge on any atom is 0.340 e. The maximum absolute atomic E-state index is 12.6. The van der Waals surface area contributed by atoms with Crippen LogP contribution in [0.4, 0.5) is 0 Å². The number of esters is 1. The van der Waals surface area contributed by atoms with E-state index in [1.54, 1.807) is 29.0 Å². The van der Waals surface area contributed by atoms with Gasteiger partial charge < -0.3 is 14.2 Å². The summed E-state index contributed by atoms with van der Waals surface area (Å²) in [5.41, 5.74) is 1.97. The zero-order valence-electron chi connectivity index (χ0n) is 14.6. The van der Waals surface area contributed by atoms with E-state index in [9.17, 15) is 4.79 Å². The number of hydrogen-bond acceptors (Lipinski definition) is 5. The highest BCUT2D eigenvalue weighted by Gasteiger charge is 2.18. The highest BCUT2D eigenvalue weighted by atomic mass is 79.9. The molecule has 0 aliphatic carbocycles. The fourth-order valence-corrected chi connectivity index (χ4v) is 3.60. The van der Waals surface area contributed by atoms with E-state index in [1.165, 1.54) is 0 Å². The Labute approximate surface area is 165 Å². The summed E-state index contributed by atoms with van der Waals surface area (Å²) < 4.78 is 19.4. The van der Waals surface area contributed by atoms with Crippen LogP contribution in [0.15, 0.2) is 53.3 Å². The predicted octanol–water partition coefficient (Wildman–Crippen LogP) is 4.01. The molecule has 0 spiro atoms. The van der Waals surface area contributed by atoms with Crippen molar-refractivity contribution in [3.63, 3.8) is 0 Å². The Bertz CT molecular complexity index is 950. The number of rotatable bonds is 6. The molecule has 1 aliphatic heterocycles. The monoisotopic (exact) mass is 430 g/mol. The molecule has 0 radical (unpaired) electrons. The van der Waals surface area contributed by atoms with Crippen molar-refractivity contribution in [2.24, 2.45) is 0 Å². The lowest BCUT2D eigenvalue weighted by atomic mass is 10.2. The third-order valence-electron chi connectivity index (χ3n) is 4.50. The number of aromatic nitrogens is 2. The molecule has 7 heteroatoms. The molecule has 4 rings (SSSR count). The Balaban J connectivity index is 1.45. The van der Waals surface area contributed by atoms with Crippen molar-refractivity contribution in [1.29, 1.82) is 0 Å². The van der Waals surface area contributed by atoms with Gasteiger partial charge in [-0.1, -0.05) is 18.2 Å². The van der Waals surface area contributed by atoms with E-state index >= 15 is 0 Å². The first-order valence-electron chi connectivity index (χ1n) is 8.83. The van der Waals surface area contributed by atoms with Crippen LogP contribution in [0.2, 0.25) is 0 Å². The molecule has 1 unspecified atom stereocenters. The van der Waals surface area contributed by atoms with Crippen LogP contribution in [-0.2, 0) is 16.1 Å². The van der Waals surface area contributed by atoms with Crippen molar-refractivity contribution in [3.8, 4) is 5.75 Å². The third-order valence-corrected chi connectivity index (χ3v) is 5.08. The molecule has 0 saturated carbocycles. The van der Waals surface area contributed by atoms with Crippen LogP contribution in [0.1, 0.15) is 28.8 Å². The predicted molar refractivity (Wildman–Crippen MR) is 103 cm³/mol. The van der Waals surface area contributed by atoms with Crippen LogP contribution in [0.5, 0.6) is 5.75 Å². The van der Waals surface area contributed by atoms with Crippen LogP contribution in [0.25, 0.3) is 5.52 Å². The maximum atomic E-state index is 12.6. The molecule has 1 atom stereocenters. The molecule has 1 fully saturated rings. The van der Waals surface area contributed by atoms with Crippen molar-refractivity contribution in [2.45, 2.75) is 25.6 Å². The SMILES string of the molecule is O=C(OCc1ccccc1OCC1CCCO1)c1cccn2ncc(Br)c12. The molecule has 3 heterocycles. The van der Waals surface area contributed by atoms with Crippen LogP contribution in [0.3, 0.4) is 0 Å². The van der Waals surface area contributed by atoms with Gasteiger partial charge in [-0.3, -0.25) is 0 Å². The molecule has 6 nitrogen and oxygen atoms in total. The van der Waals surface area contributed by atoms with E-state index in [0.717, 1.165) is 29.5 Å². The highest BCUT2D eigenvalue weighted by molar-refractivity contribution is 9.10. The van der Waals surface area contributed by atoms with Gasteiger partial charge in [-0.05, 0) is 47.0 Å². The number of nitrogens with zero attached hydrogens (tertiary/aromatic N) is 2. The van der Waals surface area contributed by atoms with Crippen molar-refractivity contribution in [3.05, 3.63) is 64.4 Å². The lowest BCUT2D eigenvalue weighted by Crippen LogP contribution is -2.17. The average molecular weight is 431 g/mol. The largest absolute Gasteiger partial charge is 0.490 e. The van der Waals surface area contributed by atoms with E-state index < -0.39 is 5.97 Å². The lowest BCUT2D eigenvalue weighted by Gasteiger charge is -2.15. The van der Waals surface area contributed by atoms with E-state index in [4.69, 9.17) is 14.2 Å². The second-order valence-corrected chi connectivity index (χ2v) is 7.19. The van der Waals surface area contributed by atoms with Crippen LogP contribution in [0, 0.1) is 0 Å². The molecule has 1 saturated heterocycles. The van der Waals surface area contributed by atoms with Crippen molar-refractivity contribution < 1.29 is 19.0 Å².